The number of hydrogen-bond donors (Lipinski definition) is 0. The lowest BCUT2D eigenvalue weighted by Gasteiger charge is -2.16. The summed E-state index contributed by atoms with van der Waals surface area (Å²) in [5.41, 5.74) is 0.887. The Hall–Kier alpha value is -3.16. The summed E-state index contributed by atoms with van der Waals surface area (Å²) >= 11 is 0. The molecule has 8 heteroatoms. The Balaban J connectivity index is 1.75. The van der Waals surface area contributed by atoms with E-state index in [2.05, 4.69) is 15.4 Å². The minimum atomic E-state index is -0.735. The molecule has 0 saturated heterocycles. The number of tetrazole rings is 1. The van der Waals surface area contributed by atoms with Crippen LogP contribution in [-0.2, 0) is 11.3 Å². The van der Waals surface area contributed by atoms with Crippen molar-refractivity contribution in [3.63, 3.8) is 0 Å². The predicted octanol–water partition coefficient (Wildman–Crippen LogP) is 2.28. The van der Waals surface area contributed by atoms with Crippen molar-refractivity contribution in [3.05, 3.63) is 60.2 Å². The highest BCUT2D eigenvalue weighted by molar-refractivity contribution is 5.92. The number of amides is 1. The van der Waals surface area contributed by atoms with Crippen LogP contribution in [-0.4, -0.2) is 33.2 Å². The number of halogens is 2. The monoisotopic (exact) mass is 329 g/mol. The molecule has 3 rings (SSSR count). The van der Waals surface area contributed by atoms with Crippen molar-refractivity contribution in [2.24, 2.45) is 0 Å². The Bertz CT molecular complexity index is 846. The molecule has 0 atom stereocenters. The van der Waals surface area contributed by atoms with Crippen molar-refractivity contribution in [1.82, 2.24) is 20.2 Å². The van der Waals surface area contributed by atoms with E-state index in [1.165, 1.54) is 4.90 Å². The van der Waals surface area contributed by atoms with Crippen molar-refractivity contribution in [2.75, 3.05) is 11.9 Å². The van der Waals surface area contributed by atoms with Gasteiger partial charge in [-0.05, 0) is 29.5 Å². The zero-order valence-electron chi connectivity index (χ0n) is 12.7. The third kappa shape index (κ3) is 3.43. The second kappa shape index (κ2) is 6.53. The normalized spacial score (nSPS) is 10.6. The third-order valence-corrected chi connectivity index (χ3v) is 3.37. The molecule has 3 aromatic rings. The van der Waals surface area contributed by atoms with E-state index in [-0.39, 0.29) is 23.8 Å². The van der Waals surface area contributed by atoms with E-state index >= 15 is 0 Å². The number of carbonyl (C=O) groups excluding carboxylic acids is 1. The fourth-order valence-electron chi connectivity index (χ4n) is 2.13. The predicted molar refractivity (Wildman–Crippen MR) is 83.0 cm³/mol. The highest BCUT2D eigenvalue weighted by Crippen LogP contribution is 2.17. The van der Waals surface area contributed by atoms with Crippen molar-refractivity contribution >= 4 is 11.6 Å². The van der Waals surface area contributed by atoms with Crippen LogP contribution < -0.4 is 4.90 Å². The van der Waals surface area contributed by atoms with Crippen LogP contribution in [0.4, 0.5) is 14.5 Å². The van der Waals surface area contributed by atoms with Gasteiger partial charge in [0.05, 0.1) is 0 Å². The first-order valence-corrected chi connectivity index (χ1v) is 7.09. The van der Waals surface area contributed by atoms with Crippen LogP contribution >= 0.6 is 0 Å². The van der Waals surface area contributed by atoms with E-state index < -0.39 is 11.6 Å². The maximum atomic E-state index is 13.2. The molecule has 0 aliphatic heterocycles. The van der Waals surface area contributed by atoms with E-state index in [9.17, 15) is 13.6 Å². The maximum Gasteiger partial charge on any atom is 0.250 e. The fraction of sp³-hybridized carbons (Fsp3) is 0.125. The van der Waals surface area contributed by atoms with Crippen LogP contribution in [0.3, 0.4) is 0 Å². The topological polar surface area (TPSA) is 63.9 Å². The summed E-state index contributed by atoms with van der Waals surface area (Å²) in [5, 5.41) is 11.5. The molecule has 0 unspecified atom stereocenters. The van der Waals surface area contributed by atoms with Gasteiger partial charge >= 0.3 is 0 Å². The summed E-state index contributed by atoms with van der Waals surface area (Å²) in [6.07, 6.45) is 0. The lowest BCUT2D eigenvalue weighted by atomic mass is 10.2. The Labute approximate surface area is 136 Å². The van der Waals surface area contributed by atoms with Crippen molar-refractivity contribution in [1.29, 1.82) is 0 Å². The smallest absolute Gasteiger partial charge is 0.250 e. The zero-order valence-corrected chi connectivity index (χ0v) is 12.7. The van der Waals surface area contributed by atoms with Gasteiger partial charge in [0.25, 0.3) is 0 Å². The van der Waals surface area contributed by atoms with Gasteiger partial charge in [-0.3, -0.25) is 4.79 Å². The number of carbonyl (C=O) groups is 1. The Morgan fingerprint density at radius 1 is 1.12 bits per heavy atom. The molecule has 0 spiro atoms. The Kier molecular flexibility index (Phi) is 4.28. The average molecular weight is 329 g/mol. The maximum absolute atomic E-state index is 13.2. The number of aromatic nitrogens is 4. The minimum absolute atomic E-state index is 0.0450. The number of nitrogens with zero attached hydrogens (tertiary/aromatic N) is 5. The summed E-state index contributed by atoms with van der Waals surface area (Å²) in [4.78, 5) is 14.8. The van der Waals surface area contributed by atoms with Crippen molar-refractivity contribution < 1.29 is 13.6 Å². The number of anilines is 1. The van der Waals surface area contributed by atoms with Crippen LogP contribution in [0.5, 0.6) is 0 Å². The van der Waals surface area contributed by atoms with E-state index in [1.807, 2.05) is 18.2 Å². The largest absolute Gasteiger partial charge is 0.314 e. The number of likely N-dealkylation sites (N-methyl/N-ethyl adjacent to an activating group) is 1. The van der Waals surface area contributed by atoms with Crippen LogP contribution in [0.25, 0.3) is 11.4 Å². The minimum Gasteiger partial charge on any atom is -0.314 e. The molecular formula is C16H13F2N5O. The molecule has 0 aliphatic rings. The lowest BCUT2D eigenvalue weighted by molar-refractivity contribution is -0.119. The second-order valence-electron chi connectivity index (χ2n) is 5.09. The summed E-state index contributed by atoms with van der Waals surface area (Å²) < 4.78 is 26.5. The average Bonchev–Trinajstić information content (AvgIpc) is 3.02. The molecule has 0 saturated carbocycles. The molecule has 0 aliphatic carbocycles. The van der Waals surface area contributed by atoms with Gasteiger partial charge in [-0.1, -0.05) is 18.2 Å². The molecular weight excluding hydrogens is 316 g/mol. The molecule has 0 bridgehead atoms. The second-order valence-corrected chi connectivity index (χ2v) is 5.09. The summed E-state index contributed by atoms with van der Waals surface area (Å²) in [5.74, 6) is -1.68. The van der Waals surface area contributed by atoms with Gasteiger partial charge in [0.15, 0.2) is 0 Å². The molecule has 1 aromatic heterocycles. The molecule has 0 radical (unpaired) electrons. The molecule has 1 heterocycles. The van der Waals surface area contributed by atoms with Gasteiger partial charge in [-0.2, -0.15) is 4.80 Å². The fourth-order valence-corrected chi connectivity index (χ4v) is 2.13. The standard InChI is InChI=1S/C16H13F2N5O/c1-22(14-5-3-2-4-6-14)15(24)10-23-20-16(19-21-23)11-7-12(17)9-13(18)8-11/h2-9H,10H2,1H3. The highest BCUT2D eigenvalue weighted by atomic mass is 19.1. The molecule has 6 nitrogen and oxygen atoms in total. The molecule has 1 amide bonds. The zero-order chi connectivity index (χ0) is 17.1. The van der Waals surface area contributed by atoms with E-state index in [1.54, 1.807) is 19.2 Å². The quantitative estimate of drug-likeness (QED) is 0.737. The van der Waals surface area contributed by atoms with Crippen LogP contribution in [0.15, 0.2) is 48.5 Å². The summed E-state index contributed by atoms with van der Waals surface area (Å²) in [6, 6.07) is 12.1. The van der Waals surface area contributed by atoms with E-state index in [4.69, 9.17) is 0 Å². The number of hydrogen-bond acceptors (Lipinski definition) is 4. The molecule has 0 N–H and O–H groups in total. The van der Waals surface area contributed by atoms with Gasteiger partial charge in [-0.15, -0.1) is 10.2 Å². The van der Waals surface area contributed by atoms with E-state index in [0.29, 0.717) is 0 Å². The van der Waals surface area contributed by atoms with Gasteiger partial charge in [0.1, 0.15) is 18.2 Å². The Morgan fingerprint density at radius 2 is 1.79 bits per heavy atom. The lowest BCUT2D eigenvalue weighted by Crippen LogP contribution is -2.30. The highest BCUT2D eigenvalue weighted by Gasteiger charge is 2.15. The summed E-state index contributed by atoms with van der Waals surface area (Å²) in [6.45, 7) is -0.143. The van der Waals surface area contributed by atoms with Crippen LogP contribution in [0.2, 0.25) is 0 Å². The van der Waals surface area contributed by atoms with Crippen molar-refractivity contribution in [2.45, 2.75) is 6.54 Å². The molecule has 2 aromatic carbocycles. The first kappa shape index (κ1) is 15.7. The van der Waals surface area contributed by atoms with Crippen LogP contribution in [0.1, 0.15) is 0 Å². The van der Waals surface area contributed by atoms with Gasteiger partial charge in [0.2, 0.25) is 11.7 Å². The SMILES string of the molecule is CN(C(=O)Cn1nnc(-c2cc(F)cc(F)c2)n1)c1ccccc1. The van der Waals surface area contributed by atoms with Gasteiger partial charge in [-0.25, -0.2) is 8.78 Å². The molecule has 0 fully saturated rings. The van der Waals surface area contributed by atoms with Gasteiger partial charge < -0.3 is 4.90 Å². The number of benzene rings is 2. The van der Waals surface area contributed by atoms with E-state index in [0.717, 1.165) is 28.7 Å². The number of rotatable bonds is 4. The van der Waals surface area contributed by atoms with Gasteiger partial charge in [0, 0.05) is 24.4 Å². The van der Waals surface area contributed by atoms with Crippen molar-refractivity contribution in [3.8, 4) is 11.4 Å². The first-order valence-electron chi connectivity index (χ1n) is 7.09. The van der Waals surface area contributed by atoms with Crippen LogP contribution in [0, 0.1) is 11.6 Å². The Morgan fingerprint density at radius 3 is 2.46 bits per heavy atom. The molecule has 24 heavy (non-hydrogen) atoms. The summed E-state index contributed by atoms with van der Waals surface area (Å²) in [7, 11) is 1.64. The number of para-hydroxylation sites is 1. The third-order valence-electron chi connectivity index (χ3n) is 3.37. The first-order chi connectivity index (χ1) is 11.5. The molecule has 122 valence electrons.